The summed E-state index contributed by atoms with van der Waals surface area (Å²) in [5.74, 6) is -2.58. The number of fused-ring (bicyclic) bond motifs is 1. The van der Waals surface area contributed by atoms with Crippen LogP contribution in [0.1, 0.15) is 103 Å². The monoisotopic (exact) mass is 774 g/mol. The lowest BCUT2D eigenvalue weighted by Crippen LogP contribution is -2.44. The molecule has 0 amide bonds. The fraction of sp³-hybridized carbons (Fsp3) is 0.511. The van der Waals surface area contributed by atoms with Crippen molar-refractivity contribution in [1.29, 1.82) is 0 Å². The number of hydrogen-bond acceptors (Lipinski definition) is 11. The first-order chi connectivity index (χ1) is 26.6. The summed E-state index contributed by atoms with van der Waals surface area (Å²) >= 11 is 0. The van der Waals surface area contributed by atoms with Gasteiger partial charge in [-0.05, 0) is 106 Å². The van der Waals surface area contributed by atoms with E-state index in [4.69, 9.17) is 23.7 Å². The molecule has 0 fully saturated rings. The van der Waals surface area contributed by atoms with Crippen LogP contribution in [0.2, 0.25) is 0 Å². The van der Waals surface area contributed by atoms with Gasteiger partial charge in [0.25, 0.3) is 0 Å². The smallest absolute Gasteiger partial charge is 0.333 e. The molecule has 11 heteroatoms. The van der Waals surface area contributed by atoms with Crippen LogP contribution < -0.4 is 4.74 Å². The molecule has 2 aromatic rings. The van der Waals surface area contributed by atoms with Crippen molar-refractivity contribution < 1.29 is 52.5 Å². The van der Waals surface area contributed by atoms with Gasteiger partial charge in [0, 0.05) is 11.1 Å². The number of carbonyl (C=O) groups excluding carboxylic acids is 6. The van der Waals surface area contributed by atoms with Crippen molar-refractivity contribution >= 4 is 35.4 Å². The van der Waals surface area contributed by atoms with Crippen LogP contribution in [-0.4, -0.2) is 68.5 Å². The van der Waals surface area contributed by atoms with Gasteiger partial charge in [0.05, 0.1) is 6.61 Å². The molecule has 2 aromatic carbocycles. The predicted molar refractivity (Wildman–Crippen MR) is 212 cm³/mol. The molecular formula is C45H58O11. The normalized spacial score (nSPS) is 13.3. The van der Waals surface area contributed by atoms with Gasteiger partial charge >= 0.3 is 23.9 Å². The SMILES string of the molecule is C=C(C)C(=O)OCCCc1cc(-c2ccc3c(c2)CC(CCCCCC)C3)ccc1OCC(COC(=O)CC(C)=O)(COC(=O)CC(C)=O)COC(=O)C(=C)C. The maximum Gasteiger partial charge on any atom is 0.333 e. The second-order valence-electron chi connectivity index (χ2n) is 15.2. The van der Waals surface area contributed by atoms with Crippen LogP contribution >= 0.6 is 0 Å². The highest BCUT2D eigenvalue weighted by molar-refractivity contribution is 5.94. The minimum Gasteiger partial charge on any atom is -0.492 e. The Hall–Kier alpha value is -5.06. The Morgan fingerprint density at radius 1 is 0.661 bits per heavy atom. The van der Waals surface area contributed by atoms with Crippen molar-refractivity contribution in [3.63, 3.8) is 0 Å². The second kappa shape index (κ2) is 22.5. The van der Waals surface area contributed by atoms with Crippen molar-refractivity contribution in [2.24, 2.45) is 11.3 Å². The zero-order chi connectivity index (χ0) is 41.3. The van der Waals surface area contributed by atoms with Crippen molar-refractivity contribution in [3.8, 4) is 16.9 Å². The number of benzene rings is 2. The molecule has 0 saturated heterocycles. The van der Waals surface area contributed by atoms with Crippen LogP contribution in [0.25, 0.3) is 11.1 Å². The van der Waals surface area contributed by atoms with Gasteiger partial charge in [-0.15, -0.1) is 0 Å². The molecule has 0 N–H and O–H groups in total. The van der Waals surface area contributed by atoms with Gasteiger partial charge < -0.3 is 23.7 Å². The summed E-state index contributed by atoms with van der Waals surface area (Å²) in [6.45, 7) is 13.6. The number of aryl methyl sites for hydroxylation is 1. The van der Waals surface area contributed by atoms with Crippen molar-refractivity contribution in [2.75, 3.05) is 33.0 Å². The molecule has 1 atom stereocenters. The third kappa shape index (κ3) is 15.2. The van der Waals surface area contributed by atoms with E-state index in [-0.39, 0.29) is 18.8 Å². The zero-order valence-corrected chi connectivity index (χ0v) is 33.8. The summed E-state index contributed by atoms with van der Waals surface area (Å²) in [7, 11) is 0. The number of unbranched alkanes of at least 4 members (excludes halogenated alkanes) is 3. The molecule has 0 saturated carbocycles. The predicted octanol–water partition coefficient (Wildman–Crippen LogP) is 7.62. The summed E-state index contributed by atoms with van der Waals surface area (Å²) in [5.41, 5.74) is 4.54. The van der Waals surface area contributed by atoms with E-state index in [9.17, 15) is 28.8 Å². The Kier molecular flexibility index (Phi) is 18.2. The molecule has 11 nitrogen and oxygen atoms in total. The fourth-order valence-electron chi connectivity index (χ4n) is 6.40. The first-order valence-corrected chi connectivity index (χ1v) is 19.4. The van der Waals surface area contributed by atoms with Gasteiger partial charge in [0.1, 0.15) is 62.0 Å². The van der Waals surface area contributed by atoms with Crippen molar-refractivity contribution in [2.45, 2.75) is 105 Å². The van der Waals surface area contributed by atoms with Gasteiger partial charge in [-0.25, -0.2) is 9.59 Å². The van der Waals surface area contributed by atoms with E-state index in [2.05, 4.69) is 38.3 Å². The minimum atomic E-state index is -1.45. The van der Waals surface area contributed by atoms with Crippen LogP contribution in [0.3, 0.4) is 0 Å². The molecule has 0 aliphatic heterocycles. The zero-order valence-electron chi connectivity index (χ0n) is 33.8. The molecule has 3 rings (SSSR count). The highest BCUT2D eigenvalue weighted by Gasteiger charge is 2.38. The number of carbonyl (C=O) groups is 6. The van der Waals surface area contributed by atoms with Gasteiger partial charge in [-0.2, -0.15) is 0 Å². The second-order valence-corrected chi connectivity index (χ2v) is 15.2. The van der Waals surface area contributed by atoms with E-state index in [0.717, 1.165) is 29.5 Å². The molecule has 1 aliphatic rings. The van der Waals surface area contributed by atoms with E-state index in [1.54, 1.807) is 6.92 Å². The van der Waals surface area contributed by atoms with Crippen molar-refractivity contribution in [1.82, 2.24) is 0 Å². The maximum atomic E-state index is 12.5. The topological polar surface area (TPSA) is 149 Å². The Balaban J connectivity index is 1.95. The van der Waals surface area contributed by atoms with Crippen LogP contribution in [0.5, 0.6) is 5.75 Å². The highest BCUT2D eigenvalue weighted by Crippen LogP contribution is 2.35. The first kappa shape index (κ1) is 45.3. The summed E-state index contributed by atoms with van der Waals surface area (Å²) in [5, 5.41) is 0. The van der Waals surface area contributed by atoms with Crippen LogP contribution in [0.15, 0.2) is 60.7 Å². The number of Topliss-reactive ketones (excluding diaryl/α,β-unsaturated/α-hetero) is 2. The maximum absolute atomic E-state index is 12.5. The molecule has 304 valence electrons. The third-order valence-electron chi connectivity index (χ3n) is 9.51. The van der Waals surface area contributed by atoms with Crippen LogP contribution in [0, 0.1) is 11.3 Å². The van der Waals surface area contributed by atoms with E-state index < -0.39 is 73.5 Å². The van der Waals surface area contributed by atoms with Crippen molar-refractivity contribution in [3.05, 3.63) is 77.4 Å². The lowest BCUT2D eigenvalue weighted by molar-refractivity contribution is -0.163. The Morgan fingerprint density at radius 3 is 1.84 bits per heavy atom. The lowest BCUT2D eigenvalue weighted by atomic mass is 9.91. The van der Waals surface area contributed by atoms with E-state index >= 15 is 0 Å². The number of ketones is 2. The largest absolute Gasteiger partial charge is 0.492 e. The Morgan fingerprint density at radius 2 is 1.23 bits per heavy atom. The molecule has 0 radical (unpaired) electrons. The highest BCUT2D eigenvalue weighted by atomic mass is 16.6. The Bertz CT molecular complexity index is 1720. The molecule has 1 aliphatic carbocycles. The van der Waals surface area contributed by atoms with Crippen LogP contribution in [-0.2, 0) is 67.0 Å². The summed E-state index contributed by atoms with van der Waals surface area (Å²) < 4.78 is 28.2. The molecular weight excluding hydrogens is 716 g/mol. The van der Waals surface area contributed by atoms with Gasteiger partial charge in [-0.1, -0.05) is 70.0 Å². The Labute approximate surface area is 331 Å². The molecule has 56 heavy (non-hydrogen) atoms. The fourth-order valence-corrected chi connectivity index (χ4v) is 6.40. The van der Waals surface area contributed by atoms with Gasteiger partial charge in [0.2, 0.25) is 0 Å². The van der Waals surface area contributed by atoms with Gasteiger partial charge in [-0.3, -0.25) is 19.2 Å². The number of esters is 4. The van der Waals surface area contributed by atoms with Crippen LogP contribution in [0.4, 0.5) is 0 Å². The number of ether oxygens (including phenoxy) is 5. The van der Waals surface area contributed by atoms with Gasteiger partial charge in [0.15, 0.2) is 0 Å². The number of hydrogen-bond donors (Lipinski definition) is 0. The average molecular weight is 775 g/mol. The number of rotatable bonds is 25. The lowest BCUT2D eigenvalue weighted by Gasteiger charge is -2.32. The molecule has 1 unspecified atom stereocenters. The molecule has 0 aromatic heterocycles. The van der Waals surface area contributed by atoms with E-state index in [1.165, 1.54) is 64.0 Å². The third-order valence-corrected chi connectivity index (χ3v) is 9.51. The first-order valence-electron chi connectivity index (χ1n) is 19.4. The summed E-state index contributed by atoms with van der Waals surface area (Å²) in [6, 6.07) is 12.4. The quantitative estimate of drug-likeness (QED) is 0.0323. The molecule has 0 spiro atoms. The molecule has 0 heterocycles. The average Bonchev–Trinajstić information content (AvgIpc) is 3.56. The van der Waals surface area contributed by atoms with E-state index in [0.29, 0.717) is 30.1 Å². The standard InChI is InChI=1S/C45H58O11/c1-8-9-10-11-13-34-22-35-15-16-36(25-39(35)23-34)37-17-18-40(38(24-37)14-12-19-52-43(50)30(2)3)53-26-45(29-56-44(51)31(4)5,27-54-41(48)20-32(6)46)28-55-42(49)21-33(7)47/h15-18,24-25,34H,2,4,8-14,19-23,26-29H2,1,3,5-7H3. The summed E-state index contributed by atoms with van der Waals surface area (Å²) in [6.07, 6.45) is 8.36. The molecule has 0 bridgehead atoms. The minimum absolute atomic E-state index is 0.112. The summed E-state index contributed by atoms with van der Waals surface area (Å²) in [4.78, 5) is 72.9. The van der Waals surface area contributed by atoms with E-state index in [1.807, 2.05) is 18.2 Å².